The summed E-state index contributed by atoms with van der Waals surface area (Å²) in [4.78, 5) is 22.0. The van der Waals surface area contributed by atoms with E-state index in [1.165, 1.54) is 0 Å². The lowest BCUT2D eigenvalue weighted by molar-refractivity contribution is -0.143. The SMILES string of the molecule is O=C(O)C(C(=O)CO)c1cc(O)cc(O)c1. The molecule has 0 saturated heterocycles. The van der Waals surface area contributed by atoms with E-state index in [4.69, 9.17) is 20.4 Å². The number of ketones is 1. The van der Waals surface area contributed by atoms with E-state index in [9.17, 15) is 9.59 Å². The Hall–Kier alpha value is -2.08. The Labute approximate surface area is 90.4 Å². The van der Waals surface area contributed by atoms with E-state index in [-0.39, 0.29) is 17.1 Å². The van der Waals surface area contributed by atoms with E-state index in [1.54, 1.807) is 0 Å². The number of phenols is 2. The molecule has 16 heavy (non-hydrogen) atoms. The largest absolute Gasteiger partial charge is 0.508 e. The number of aliphatic carboxylic acids is 1. The maximum Gasteiger partial charge on any atom is 0.318 e. The monoisotopic (exact) mass is 226 g/mol. The number of rotatable bonds is 4. The fourth-order valence-corrected chi connectivity index (χ4v) is 1.34. The molecular formula is C10H10O6. The second kappa shape index (κ2) is 4.63. The predicted molar refractivity (Wildman–Crippen MR) is 52.2 cm³/mol. The summed E-state index contributed by atoms with van der Waals surface area (Å²) < 4.78 is 0. The molecule has 0 spiro atoms. The highest BCUT2D eigenvalue weighted by Crippen LogP contribution is 2.26. The Kier molecular flexibility index (Phi) is 3.47. The van der Waals surface area contributed by atoms with Crippen LogP contribution in [-0.2, 0) is 9.59 Å². The van der Waals surface area contributed by atoms with Crippen molar-refractivity contribution in [2.45, 2.75) is 5.92 Å². The topological polar surface area (TPSA) is 115 Å². The predicted octanol–water partition coefficient (Wildman–Crippen LogP) is -0.173. The maximum atomic E-state index is 11.2. The van der Waals surface area contributed by atoms with Crippen molar-refractivity contribution in [3.05, 3.63) is 23.8 Å². The minimum atomic E-state index is -1.59. The molecule has 0 aliphatic heterocycles. The number of hydrogen-bond donors (Lipinski definition) is 4. The summed E-state index contributed by atoms with van der Waals surface area (Å²) in [5, 5.41) is 35.7. The number of phenolic OH excluding ortho intramolecular Hbond substituents is 2. The van der Waals surface area contributed by atoms with Crippen molar-refractivity contribution in [2.24, 2.45) is 0 Å². The molecule has 6 heteroatoms. The molecule has 0 amide bonds. The first-order chi connectivity index (χ1) is 7.45. The van der Waals surface area contributed by atoms with Crippen LogP contribution in [-0.4, -0.2) is 38.8 Å². The third kappa shape index (κ3) is 2.48. The molecule has 0 aliphatic carbocycles. The Morgan fingerprint density at radius 1 is 1.12 bits per heavy atom. The van der Waals surface area contributed by atoms with Gasteiger partial charge in [-0.2, -0.15) is 0 Å². The quantitative estimate of drug-likeness (QED) is 0.530. The van der Waals surface area contributed by atoms with Gasteiger partial charge in [0.2, 0.25) is 0 Å². The van der Waals surface area contributed by atoms with Crippen LogP contribution < -0.4 is 0 Å². The van der Waals surface area contributed by atoms with Crippen molar-refractivity contribution in [1.82, 2.24) is 0 Å². The summed E-state index contributed by atoms with van der Waals surface area (Å²) in [5.74, 6) is -4.68. The molecule has 0 fully saturated rings. The molecule has 1 atom stereocenters. The van der Waals surface area contributed by atoms with Gasteiger partial charge in [0.1, 0.15) is 24.0 Å². The normalized spacial score (nSPS) is 12.1. The van der Waals surface area contributed by atoms with Gasteiger partial charge in [-0.15, -0.1) is 0 Å². The molecule has 1 aromatic carbocycles. The number of carboxylic acid groups (broad SMARTS) is 1. The van der Waals surface area contributed by atoms with Gasteiger partial charge in [0, 0.05) is 6.07 Å². The van der Waals surface area contributed by atoms with Crippen molar-refractivity contribution in [2.75, 3.05) is 6.61 Å². The zero-order valence-electron chi connectivity index (χ0n) is 8.12. The average Bonchev–Trinajstić information content (AvgIpc) is 2.15. The highest BCUT2D eigenvalue weighted by molar-refractivity contribution is 6.04. The zero-order chi connectivity index (χ0) is 12.3. The van der Waals surface area contributed by atoms with Gasteiger partial charge in [0.05, 0.1) is 0 Å². The van der Waals surface area contributed by atoms with Crippen molar-refractivity contribution < 1.29 is 30.0 Å². The summed E-state index contributed by atoms with van der Waals surface area (Å²) in [5.41, 5.74) is -0.0796. The number of aliphatic hydroxyl groups excluding tert-OH is 1. The van der Waals surface area contributed by atoms with Crippen LogP contribution in [0.25, 0.3) is 0 Å². The minimum absolute atomic E-state index is 0.0796. The first-order valence-electron chi connectivity index (χ1n) is 4.35. The van der Waals surface area contributed by atoms with Gasteiger partial charge in [0.25, 0.3) is 0 Å². The highest BCUT2D eigenvalue weighted by atomic mass is 16.4. The molecule has 4 N–H and O–H groups in total. The lowest BCUT2D eigenvalue weighted by atomic mass is 9.94. The average molecular weight is 226 g/mol. The van der Waals surface area contributed by atoms with E-state index < -0.39 is 24.3 Å². The first-order valence-corrected chi connectivity index (χ1v) is 4.35. The number of aromatic hydroxyl groups is 2. The van der Waals surface area contributed by atoms with Crippen molar-refractivity contribution in [1.29, 1.82) is 0 Å². The second-order valence-electron chi connectivity index (χ2n) is 3.18. The summed E-state index contributed by atoms with van der Waals surface area (Å²) in [7, 11) is 0. The Morgan fingerprint density at radius 3 is 2.00 bits per heavy atom. The van der Waals surface area contributed by atoms with E-state index in [0.29, 0.717) is 0 Å². The number of carboxylic acids is 1. The molecule has 0 saturated carbocycles. The van der Waals surface area contributed by atoms with E-state index in [0.717, 1.165) is 18.2 Å². The summed E-state index contributed by atoms with van der Waals surface area (Å²) in [6.45, 7) is -0.923. The Bertz CT molecular complexity index is 405. The minimum Gasteiger partial charge on any atom is -0.508 e. The highest BCUT2D eigenvalue weighted by Gasteiger charge is 2.28. The molecular weight excluding hydrogens is 216 g/mol. The lowest BCUT2D eigenvalue weighted by Crippen LogP contribution is -2.24. The van der Waals surface area contributed by atoms with Crippen LogP contribution in [0, 0.1) is 0 Å². The third-order valence-electron chi connectivity index (χ3n) is 1.98. The van der Waals surface area contributed by atoms with Gasteiger partial charge in [-0.3, -0.25) is 9.59 Å². The van der Waals surface area contributed by atoms with Crippen molar-refractivity contribution >= 4 is 11.8 Å². The van der Waals surface area contributed by atoms with Crippen LogP contribution in [0.4, 0.5) is 0 Å². The molecule has 0 radical (unpaired) electrons. The molecule has 1 unspecified atom stereocenters. The van der Waals surface area contributed by atoms with Crippen LogP contribution >= 0.6 is 0 Å². The van der Waals surface area contributed by atoms with E-state index in [2.05, 4.69) is 0 Å². The molecule has 86 valence electrons. The molecule has 6 nitrogen and oxygen atoms in total. The third-order valence-corrected chi connectivity index (χ3v) is 1.98. The molecule has 1 rings (SSSR count). The van der Waals surface area contributed by atoms with Crippen LogP contribution in [0.5, 0.6) is 11.5 Å². The number of carbonyl (C=O) groups excluding carboxylic acids is 1. The standard InChI is InChI=1S/C10H10O6/c11-4-8(14)9(10(15)16)5-1-6(12)3-7(13)2-5/h1-3,9,11-13H,4H2,(H,15,16). The fourth-order valence-electron chi connectivity index (χ4n) is 1.34. The van der Waals surface area contributed by atoms with Gasteiger partial charge in [-0.05, 0) is 17.7 Å². The van der Waals surface area contributed by atoms with E-state index in [1.807, 2.05) is 0 Å². The number of aliphatic hydroxyl groups is 1. The second-order valence-corrected chi connectivity index (χ2v) is 3.18. The van der Waals surface area contributed by atoms with Crippen LogP contribution in [0.15, 0.2) is 18.2 Å². The first kappa shape index (κ1) is 12.0. The van der Waals surface area contributed by atoms with Crippen LogP contribution in [0.3, 0.4) is 0 Å². The van der Waals surface area contributed by atoms with Gasteiger partial charge in [-0.25, -0.2) is 0 Å². The summed E-state index contributed by atoms with van der Waals surface area (Å²) in [6, 6.07) is 3.10. The van der Waals surface area contributed by atoms with Gasteiger partial charge in [0.15, 0.2) is 5.78 Å². The maximum absolute atomic E-state index is 11.2. The fraction of sp³-hybridized carbons (Fsp3) is 0.200. The van der Waals surface area contributed by atoms with Crippen LogP contribution in [0.1, 0.15) is 11.5 Å². The smallest absolute Gasteiger partial charge is 0.318 e. The molecule has 0 bridgehead atoms. The van der Waals surface area contributed by atoms with Gasteiger partial charge in [-0.1, -0.05) is 0 Å². The van der Waals surface area contributed by atoms with Gasteiger partial charge >= 0.3 is 5.97 Å². The summed E-state index contributed by atoms with van der Waals surface area (Å²) in [6.07, 6.45) is 0. The number of carbonyl (C=O) groups is 2. The Morgan fingerprint density at radius 2 is 1.62 bits per heavy atom. The van der Waals surface area contributed by atoms with E-state index >= 15 is 0 Å². The molecule has 1 aromatic rings. The lowest BCUT2D eigenvalue weighted by Gasteiger charge is -2.10. The molecule has 0 aromatic heterocycles. The zero-order valence-corrected chi connectivity index (χ0v) is 8.12. The number of hydrogen-bond acceptors (Lipinski definition) is 5. The summed E-state index contributed by atoms with van der Waals surface area (Å²) >= 11 is 0. The number of Topliss-reactive ketones (excluding diaryl/α,β-unsaturated/α-hetero) is 1. The Balaban J connectivity index is 3.21. The van der Waals surface area contributed by atoms with Gasteiger partial charge < -0.3 is 20.4 Å². The molecule has 0 heterocycles. The number of benzene rings is 1. The van der Waals surface area contributed by atoms with Crippen molar-refractivity contribution in [3.63, 3.8) is 0 Å². The molecule has 0 aliphatic rings. The van der Waals surface area contributed by atoms with Crippen molar-refractivity contribution in [3.8, 4) is 11.5 Å². The van der Waals surface area contributed by atoms with Crippen LogP contribution in [0.2, 0.25) is 0 Å².